The Morgan fingerprint density at radius 2 is 1.58 bits per heavy atom. The van der Waals surface area contributed by atoms with Crippen LogP contribution in [0.1, 0.15) is 18.9 Å². The molecule has 0 amide bonds. The number of rotatable bonds is 5. The van der Waals surface area contributed by atoms with Crippen LogP contribution < -0.4 is 5.32 Å². The van der Waals surface area contributed by atoms with E-state index in [1.54, 1.807) is 6.07 Å². The highest BCUT2D eigenvalue weighted by Gasteiger charge is 2.04. The molecule has 0 heterocycles. The first-order valence-electron chi connectivity index (χ1n) is 6.46. The minimum Gasteiger partial charge on any atom is -0.313 e. The van der Waals surface area contributed by atoms with Gasteiger partial charge in [-0.05, 0) is 41.8 Å². The summed E-state index contributed by atoms with van der Waals surface area (Å²) < 4.78 is 26.0. The quantitative estimate of drug-likeness (QED) is 0.798. The van der Waals surface area contributed by atoms with Gasteiger partial charge >= 0.3 is 0 Å². The fourth-order valence-corrected chi connectivity index (χ4v) is 1.90. The van der Waals surface area contributed by atoms with Gasteiger partial charge in [0.15, 0.2) is 11.6 Å². The Kier molecular flexibility index (Phi) is 4.63. The first-order valence-corrected chi connectivity index (χ1v) is 6.46. The van der Waals surface area contributed by atoms with Gasteiger partial charge in [0, 0.05) is 6.54 Å². The molecule has 0 aliphatic heterocycles. The molecule has 1 nitrogen and oxygen atoms in total. The predicted octanol–water partition coefficient (Wildman–Crippen LogP) is 4.13. The van der Waals surface area contributed by atoms with Gasteiger partial charge in [-0.15, -0.1) is 0 Å². The fraction of sp³-hybridized carbons (Fsp3) is 0.250. The molecule has 0 unspecified atom stereocenters. The highest BCUT2D eigenvalue weighted by molar-refractivity contribution is 5.63. The van der Waals surface area contributed by atoms with Crippen molar-refractivity contribution in [3.8, 4) is 11.1 Å². The van der Waals surface area contributed by atoms with Crippen LogP contribution in [-0.4, -0.2) is 6.54 Å². The molecule has 1 N–H and O–H groups in total. The topological polar surface area (TPSA) is 12.0 Å². The molecule has 0 fully saturated rings. The molecular formula is C16H17F2N. The SMILES string of the molecule is CCCNCc1ccc(-c2ccc(F)c(F)c2)cc1. The molecule has 0 aromatic heterocycles. The molecule has 0 saturated carbocycles. The normalized spacial score (nSPS) is 10.7. The molecule has 0 aliphatic carbocycles. The molecule has 0 radical (unpaired) electrons. The summed E-state index contributed by atoms with van der Waals surface area (Å²) in [6.07, 6.45) is 1.10. The molecule has 0 bridgehead atoms. The van der Waals surface area contributed by atoms with E-state index in [1.165, 1.54) is 11.6 Å². The van der Waals surface area contributed by atoms with Crippen molar-refractivity contribution < 1.29 is 8.78 Å². The number of hydrogen-bond acceptors (Lipinski definition) is 1. The van der Waals surface area contributed by atoms with Gasteiger partial charge in [0.1, 0.15) is 0 Å². The fourth-order valence-electron chi connectivity index (χ4n) is 1.90. The summed E-state index contributed by atoms with van der Waals surface area (Å²) in [6, 6.07) is 11.8. The second-order valence-corrected chi connectivity index (χ2v) is 4.50. The van der Waals surface area contributed by atoms with Gasteiger partial charge in [0.25, 0.3) is 0 Å². The number of benzene rings is 2. The zero-order chi connectivity index (χ0) is 13.7. The van der Waals surface area contributed by atoms with E-state index in [-0.39, 0.29) is 0 Å². The summed E-state index contributed by atoms with van der Waals surface area (Å²) in [5.74, 6) is -1.63. The maximum atomic E-state index is 13.2. The summed E-state index contributed by atoms with van der Waals surface area (Å²) >= 11 is 0. The van der Waals surface area contributed by atoms with E-state index >= 15 is 0 Å². The Balaban J connectivity index is 2.11. The molecule has 3 heteroatoms. The van der Waals surface area contributed by atoms with Crippen LogP contribution in [-0.2, 0) is 6.54 Å². The van der Waals surface area contributed by atoms with Crippen molar-refractivity contribution in [1.82, 2.24) is 5.32 Å². The van der Waals surface area contributed by atoms with Gasteiger partial charge in [-0.25, -0.2) is 8.78 Å². The highest BCUT2D eigenvalue weighted by Crippen LogP contribution is 2.21. The Morgan fingerprint density at radius 1 is 0.895 bits per heavy atom. The van der Waals surface area contributed by atoms with E-state index in [0.29, 0.717) is 5.56 Å². The summed E-state index contributed by atoms with van der Waals surface area (Å²) in [7, 11) is 0. The van der Waals surface area contributed by atoms with Gasteiger partial charge in [-0.2, -0.15) is 0 Å². The van der Waals surface area contributed by atoms with Crippen molar-refractivity contribution in [2.24, 2.45) is 0 Å². The zero-order valence-electron chi connectivity index (χ0n) is 10.9. The third-order valence-electron chi connectivity index (χ3n) is 2.96. The Labute approximate surface area is 112 Å². The average molecular weight is 261 g/mol. The van der Waals surface area contributed by atoms with E-state index < -0.39 is 11.6 Å². The second-order valence-electron chi connectivity index (χ2n) is 4.50. The minimum atomic E-state index is -0.816. The van der Waals surface area contributed by atoms with Crippen LogP contribution in [0.15, 0.2) is 42.5 Å². The molecule has 2 aromatic rings. The molecule has 0 aliphatic rings. The van der Waals surface area contributed by atoms with Crippen LogP contribution in [0.4, 0.5) is 8.78 Å². The number of hydrogen-bond donors (Lipinski definition) is 1. The van der Waals surface area contributed by atoms with E-state index in [9.17, 15) is 8.78 Å². The van der Waals surface area contributed by atoms with Crippen LogP contribution in [0.2, 0.25) is 0 Å². The Hall–Kier alpha value is -1.74. The van der Waals surface area contributed by atoms with Gasteiger partial charge in [-0.1, -0.05) is 37.3 Å². The predicted molar refractivity (Wildman–Crippen MR) is 73.8 cm³/mol. The van der Waals surface area contributed by atoms with Crippen molar-refractivity contribution in [3.63, 3.8) is 0 Å². The smallest absolute Gasteiger partial charge is 0.159 e. The Bertz CT molecular complexity index is 535. The lowest BCUT2D eigenvalue weighted by Gasteiger charge is -2.06. The molecular weight excluding hydrogens is 244 g/mol. The standard InChI is InChI=1S/C16H17F2N/c1-2-9-19-11-12-3-5-13(6-4-12)14-7-8-15(17)16(18)10-14/h3-8,10,19H,2,9,11H2,1H3. The van der Waals surface area contributed by atoms with Crippen molar-refractivity contribution in [2.45, 2.75) is 19.9 Å². The van der Waals surface area contributed by atoms with Crippen molar-refractivity contribution in [3.05, 3.63) is 59.7 Å². The maximum absolute atomic E-state index is 13.2. The summed E-state index contributed by atoms with van der Waals surface area (Å²) in [5, 5.41) is 3.32. The number of halogens is 2. The van der Waals surface area contributed by atoms with Crippen LogP contribution in [0.25, 0.3) is 11.1 Å². The van der Waals surface area contributed by atoms with E-state index in [1.807, 2.05) is 24.3 Å². The van der Waals surface area contributed by atoms with E-state index in [2.05, 4.69) is 12.2 Å². The van der Waals surface area contributed by atoms with Gasteiger partial charge in [-0.3, -0.25) is 0 Å². The summed E-state index contributed by atoms with van der Waals surface area (Å²) in [5.41, 5.74) is 2.75. The maximum Gasteiger partial charge on any atom is 0.159 e. The minimum absolute atomic E-state index is 0.687. The van der Waals surface area contributed by atoms with Crippen LogP contribution in [0, 0.1) is 11.6 Å². The second kappa shape index (κ2) is 6.43. The van der Waals surface area contributed by atoms with Crippen LogP contribution >= 0.6 is 0 Å². The van der Waals surface area contributed by atoms with Crippen LogP contribution in [0.5, 0.6) is 0 Å². The zero-order valence-corrected chi connectivity index (χ0v) is 10.9. The molecule has 0 atom stereocenters. The van der Waals surface area contributed by atoms with Gasteiger partial charge < -0.3 is 5.32 Å². The largest absolute Gasteiger partial charge is 0.313 e. The van der Waals surface area contributed by atoms with Crippen LogP contribution in [0.3, 0.4) is 0 Å². The van der Waals surface area contributed by atoms with Gasteiger partial charge in [0.2, 0.25) is 0 Å². The lowest BCUT2D eigenvalue weighted by Crippen LogP contribution is -2.13. The van der Waals surface area contributed by atoms with Crippen molar-refractivity contribution >= 4 is 0 Å². The molecule has 19 heavy (non-hydrogen) atoms. The molecule has 2 aromatic carbocycles. The first-order chi connectivity index (χ1) is 9.20. The molecule has 0 spiro atoms. The summed E-state index contributed by atoms with van der Waals surface area (Å²) in [6.45, 7) is 3.94. The molecule has 2 rings (SSSR count). The number of nitrogens with one attached hydrogen (secondary N) is 1. The monoisotopic (exact) mass is 261 g/mol. The molecule has 0 saturated heterocycles. The first kappa shape index (κ1) is 13.7. The highest BCUT2D eigenvalue weighted by atomic mass is 19.2. The Morgan fingerprint density at radius 3 is 2.21 bits per heavy atom. The molecule has 100 valence electrons. The van der Waals surface area contributed by atoms with E-state index in [4.69, 9.17) is 0 Å². The van der Waals surface area contributed by atoms with Gasteiger partial charge in [0.05, 0.1) is 0 Å². The van der Waals surface area contributed by atoms with Crippen molar-refractivity contribution in [2.75, 3.05) is 6.54 Å². The van der Waals surface area contributed by atoms with E-state index in [0.717, 1.165) is 31.1 Å². The lowest BCUT2D eigenvalue weighted by molar-refractivity contribution is 0.509. The van der Waals surface area contributed by atoms with Crippen molar-refractivity contribution in [1.29, 1.82) is 0 Å². The third kappa shape index (κ3) is 3.61. The average Bonchev–Trinajstić information content (AvgIpc) is 2.43. The summed E-state index contributed by atoms with van der Waals surface area (Å²) in [4.78, 5) is 0. The third-order valence-corrected chi connectivity index (χ3v) is 2.96. The lowest BCUT2D eigenvalue weighted by atomic mass is 10.0.